The fourth-order valence-electron chi connectivity index (χ4n) is 1.76. The van der Waals surface area contributed by atoms with Crippen LogP contribution in [0.4, 0.5) is 0 Å². The van der Waals surface area contributed by atoms with Gasteiger partial charge in [0.15, 0.2) is 0 Å². The standard InChI is InChI=1S/C14H15NO5S/c1-10-5-6-12(8-13(10)14(16)19-2)21(17,18)15-9-11-4-3-7-20-11/h3-8,15H,9H2,1-2H3. The number of furan rings is 1. The Labute approximate surface area is 122 Å². The fourth-order valence-corrected chi connectivity index (χ4v) is 2.78. The summed E-state index contributed by atoms with van der Waals surface area (Å²) >= 11 is 0. The molecule has 2 rings (SSSR count). The molecule has 0 spiro atoms. The van der Waals surface area contributed by atoms with Crippen molar-refractivity contribution >= 4 is 16.0 Å². The van der Waals surface area contributed by atoms with Crippen molar-refractivity contribution in [2.24, 2.45) is 0 Å². The number of benzene rings is 1. The number of carbonyl (C=O) groups is 1. The van der Waals surface area contributed by atoms with Crippen molar-refractivity contribution in [1.82, 2.24) is 4.72 Å². The minimum Gasteiger partial charge on any atom is -0.468 e. The maximum absolute atomic E-state index is 12.2. The Morgan fingerprint density at radius 3 is 2.71 bits per heavy atom. The Kier molecular flexibility index (Phi) is 4.44. The van der Waals surface area contributed by atoms with Crippen molar-refractivity contribution in [2.75, 3.05) is 7.11 Å². The molecule has 0 radical (unpaired) electrons. The highest BCUT2D eigenvalue weighted by Crippen LogP contribution is 2.17. The van der Waals surface area contributed by atoms with Gasteiger partial charge in [-0.2, -0.15) is 0 Å². The van der Waals surface area contributed by atoms with Crippen LogP contribution >= 0.6 is 0 Å². The molecule has 7 heteroatoms. The average Bonchev–Trinajstić information content (AvgIpc) is 2.98. The van der Waals surface area contributed by atoms with Gasteiger partial charge in [-0.1, -0.05) is 6.07 Å². The molecular formula is C14H15NO5S. The number of esters is 1. The van der Waals surface area contributed by atoms with E-state index in [2.05, 4.69) is 9.46 Å². The lowest BCUT2D eigenvalue weighted by Gasteiger charge is -2.09. The number of ether oxygens (including phenoxy) is 1. The van der Waals surface area contributed by atoms with Crippen LogP contribution in [-0.2, 0) is 21.3 Å². The van der Waals surface area contributed by atoms with Gasteiger partial charge in [-0.3, -0.25) is 0 Å². The van der Waals surface area contributed by atoms with E-state index in [-0.39, 0.29) is 17.0 Å². The topological polar surface area (TPSA) is 85.6 Å². The molecule has 0 bridgehead atoms. The van der Waals surface area contributed by atoms with Gasteiger partial charge in [0.2, 0.25) is 10.0 Å². The van der Waals surface area contributed by atoms with Crippen molar-refractivity contribution in [3.8, 4) is 0 Å². The summed E-state index contributed by atoms with van der Waals surface area (Å²) < 4.78 is 36.5. The summed E-state index contributed by atoms with van der Waals surface area (Å²) in [5.74, 6) is -0.0746. The van der Waals surface area contributed by atoms with Crippen LogP contribution in [0, 0.1) is 6.92 Å². The molecule has 0 saturated carbocycles. The van der Waals surface area contributed by atoms with Crippen LogP contribution in [0.1, 0.15) is 21.7 Å². The second-order valence-electron chi connectivity index (χ2n) is 4.37. The predicted octanol–water partition coefficient (Wildman–Crippen LogP) is 1.85. The van der Waals surface area contributed by atoms with E-state index in [1.807, 2.05) is 0 Å². The van der Waals surface area contributed by atoms with Crippen LogP contribution in [0.2, 0.25) is 0 Å². The van der Waals surface area contributed by atoms with Crippen molar-refractivity contribution in [3.05, 3.63) is 53.5 Å². The lowest BCUT2D eigenvalue weighted by Crippen LogP contribution is -2.23. The first-order valence-corrected chi connectivity index (χ1v) is 7.63. The number of carbonyl (C=O) groups excluding carboxylic acids is 1. The molecule has 0 fully saturated rings. The molecule has 0 saturated heterocycles. The van der Waals surface area contributed by atoms with Crippen LogP contribution < -0.4 is 4.72 Å². The predicted molar refractivity (Wildman–Crippen MR) is 75.3 cm³/mol. The van der Waals surface area contributed by atoms with Gasteiger partial charge in [0, 0.05) is 0 Å². The summed E-state index contributed by atoms with van der Waals surface area (Å²) in [6.45, 7) is 1.75. The van der Waals surface area contributed by atoms with E-state index >= 15 is 0 Å². The highest BCUT2D eigenvalue weighted by Gasteiger charge is 2.18. The molecule has 6 nitrogen and oxygen atoms in total. The third-order valence-corrected chi connectivity index (χ3v) is 4.34. The number of aryl methyl sites for hydroxylation is 1. The number of hydrogen-bond donors (Lipinski definition) is 1. The molecule has 2 aromatic rings. The lowest BCUT2D eigenvalue weighted by molar-refractivity contribution is 0.0599. The van der Waals surface area contributed by atoms with Gasteiger partial charge in [-0.15, -0.1) is 0 Å². The molecule has 0 aliphatic heterocycles. The third-order valence-electron chi connectivity index (χ3n) is 2.94. The Hall–Kier alpha value is -2.12. The van der Waals surface area contributed by atoms with Crippen molar-refractivity contribution in [2.45, 2.75) is 18.4 Å². The van der Waals surface area contributed by atoms with Gasteiger partial charge in [-0.25, -0.2) is 17.9 Å². The third kappa shape index (κ3) is 3.50. The second kappa shape index (κ2) is 6.11. The molecule has 1 aromatic heterocycles. The number of rotatable bonds is 5. The first-order valence-electron chi connectivity index (χ1n) is 6.15. The smallest absolute Gasteiger partial charge is 0.338 e. The number of nitrogens with one attached hydrogen (secondary N) is 1. The summed E-state index contributed by atoms with van der Waals surface area (Å²) in [5.41, 5.74) is 0.866. The monoisotopic (exact) mass is 309 g/mol. The fraction of sp³-hybridized carbons (Fsp3) is 0.214. The number of methoxy groups -OCH3 is 1. The highest BCUT2D eigenvalue weighted by molar-refractivity contribution is 7.89. The van der Waals surface area contributed by atoms with Crippen molar-refractivity contribution in [1.29, 1.82) is 0 Å². The Bertz CT molecular complexity index is 735. The van der Waals surface area contributed by atoms with Gasteiger partial charge in [-0.05, 0) is 36.8 Å². The summed E-state index contributed by atoms with van der Waals surface area (Å²) in [6, 6.07) is 7.63. The number of hydrogen-bond acceptors (Lipinski definition) is 5. The largest absolute Gasteiger partial charge is 0.468 e. The minimum atomic E-state index is -3.74. The lowest BCUT2D eigenvalue weighted by atomic mass is 10.1. The highest BCUT2D eigenvalue weighted by atomic mass is 32.2. The summed E-state index contributed by atoms with van der Waals surface area (Å²) in [6.07, 6.45) is 1.46. The quantitative estimate of drug-likeness (QED) is 0.852. The molecule has 0 amide bonds. The molecule has 112 valence electrons. The van der Waals surface area contributed by atoms with Crippen LogP contribution in [0.25, 0.3) is 0 Å². The number of sulfonamides is 1. The Balaban J connectivity index is 2.25. The van der Waals surface area contributed by atoms with Crippen LogP contribution in [-0.4, -0.2) is 21.5 Å². The first-order chi connectivity index (χ1) is 9.94. The molecule has 0 unspecified atom stereocenters. The van der Waals surface area contributed by atoms with Gasteiger partial charge in [0.25, 0.3) is 0 Å². The van der Waals surface area contributed by atoms with Crippen LogP contribution in [0.15, 0.2) is 45.9 Å². The van der Waals surface area contributed by atoms with E-state index in [1.165, 1.54) is 25.5 Å². The van der Waals surface area contributed by atoms with E-state index < -0.39 is 16.0 Å². The van der Waals surface area contributed by atoms with Crippen molar-refractivity contribution in [3.63, 3.8) is 0 Å². The molecular weight excluding hydrogens is 294 g/mol. The Morgan fingerprint density at radius 2 is 2.10 bits per heavy atom. The Morgan fingerprint density at radius 1 is 1.33 bits per heavy atom. The molecule has 0 aliphatic rings. The maximum atomic E-state index is 12.2. The normalized spacial score (nSPS) is 11.3. The maximum Gasteiger partial charge on any atom is 0.338 e. The molecule has 21 heavy (non-hydrogen) atoms. The zero-order chi connectivity index (χ0) is 15.5. The zero-order valence-corrected chi connectivity index (χ0v) is 12.4. The van der Waals surface area contributed by atoms with Gasteiger partial charge in [0.05, 0.1) is 30.4 Å². The van der Waals surface area contributed by atoms with Crippen molar-refractivity contribution < 1.29 is 22.4 Å². The van der Waals surface area contributed by atoms with E-state index in [0.717, 1.165) is 0 Å². The molecule has 0 atom stereocenters. The van der Waals surface area contributed by atoms with E-state index in [0.29, 0.717) is 11.3 Å². The van der Waals surface area contributed by atoms with Gasteiger partial charge >= 0.3 is 5.97 Å². The van der Waals surface area contributed by atoms with Gasteiger partial charge in [0.1, 0.15) is 5.76 Å². The SMILES string of the molecule is COC(=O)c1cc(S(=O)(=O)NCc2ccco2)ccc1C. The van der Waals surface area contributed by atoms with E-state index in [9.17, 15) is 13.2 Å². The minimum absolute atomic E-state index is 0.0000520. The summed E-state index contributed by atoms with van der Waals surface area (Å²) in [4.78, 5) is 11.6. The van der Waals surface area contributed by atoms with Gasteiger partial charge < -0.3 is 9.15 Å². The second-order valence-corrected chi connectivity index (χ2v) is 6.14. The van der Waals surface area contributed by atoms with E-state index in [1.54, 1.807) is 25.1 Å². The van der Waals surface area contributed by atoms with Crippen LogP contribution in [0.3, 0.4) is 0 Å². The van der Waals surface area contributed by atoms with Crippen LogP contribution in [0.5, 0.6) is 0 Å². The zero-order valence-electron chi connectivity index (χ0n) is 11.6. The molecule has 1 aromatic carbocycles. The molecule has 0 aliphatic carbocycles. The average molecular weight is 309 g/mol. The summed E-state index contributed by atoms with van der Waals surface area (Å²) in [7, 11) is -2.49. The molecule has 1 N–H and O–H groups in total. The summed E-state index contributed by atoms with van der Waals surface area (Å²) in [5, 5.41) is 0. The first kappa shape index (κ1) is 15.3. The van der Waals surface area contributed by atoms with E-state index in [4.69, 9.17) is 4.42 Å². The molecule has 1 heterocycles.